The molecular formula is C9H12O6. The molecule has 0 saturated carbocycles. The van der Waals surface area contributed by atoms with E-state index in [1.807, 2.05) is 0 Å². The number of ketones is 1. The molecule has 84 valence electrons. The average molecular weight is 216 g/mol. The second kappa shape index (κ2) is 3.98. The monoisotopic (exact) mass is 216 g/mol. The Morgan fingerprint density at radius 1 is 1.60 bits per heavy atom. The molecule has 2 unspecified atom stereocenters. The van der Waals surface area contributed by atoms with E-state index in [1.165, 1.54) is 6.92 Å². The highest BCUT2D eigenvalue weighted by molar-refractivity contribution is 5.87. The molecule has 0 aromatic rings. The third-order valence-electron chi connectivity index (χ3n) is 2.39. The topological polar surface area (TPSA) is 101 Å². The van der Waals surface area contributed by atoms with Crippen molar-refractivity contribution in [3.05, 3.63) is 0 Å². The van der Waals surface area contributed by atoms with Crippen LogP contribution in [0, 0.1) is 5.92 Å². The number of carbonyl (C=O) groups excluding carboxylic acids is 2. The molecule has 0 aliphatic carbocycles. The van der Waals surface area contributed by atoms with Crippen LogP contribution >= 0.6 is 0 Å². The molecule has 1 rings (SSSR count). The van der Waals surface area contributed by atoms with E-state index in [1.54, 1.807) is 0 Å². The van der Waals surface area contributed by atoms with E-state index in [-0.39, 0.29) is 25.0 Å². The zero-order chi connectivity index (χ0) is 11.6. The zero-order valence-electron chi connectivity index (χ0n) is 8.23. The molecule has 1 heterocycles. The van der Waals surface area contributed by atoms with Crippen molar-refractivity contribution in [2.45, 2.75) is 32.0 Å². The average Bonchev–Trinajstić information content (AvgIpc) is 2.39. The van der Waals surface area contributed by atoms with E-state index in [0.29, 0.717) is 0 Å². The first-order valence-corrected chi connectivity index (χ1v) is 4.51. The van der Waals surface area contributed by atoms with Crippen LogP contribution in [0.1, 0.15) is 26.2 Å². The summed E-state index contributed by atoms with van der Waals surface area (Å²) in [5.74, 6) is -5.07. The lowest BCUT2D eigenvalue weighted by molar-refractivity contribution is -0.205. The Bertz CT molecular complexity index is 310. The van der Waals surface area contributed by atoms with Gasteiger partial charge in [-0.25, -0.2) is 0 Å². The molecule has 0 aromatic carbocycles. The number of aliphatic hydroxyl groups is 1. The molecule has 0 radical (unpaired) electrons. The minimum absolute atomic E-state index is 0.189. The van der Waals surface area contributed by atoms with Gasteiger partial charge in [-0.05, 0) is 6.92 Å². The van der Waals surface area contributed by atoms with Gasteiger partial charge in [0.25, 0.3) is 0 Å². The van der Waals surface area contributed by atoms with Gasteiger partial charge in [0.2, 0.25) is 5.79 Å². The van der Waals surface area contributed by atoms with Gasteiger partial charge in [-0.1, -0.05) is 0 Å². The number of carbonyl (C=O) groups is 3. The van der Waals surface area contributed by atoms with E-state index in [4.69, 9.17) is 5.11 Å². The van der Waals surface area contributed by atoms with E-state index in [0.717, 1.165) is 0 Å². The molecule has 1 aliphatic heterocycles. The number of aliphatic carboxylic acids is 1. The van der Waals surface area contributed by atoms with Crippen molar-refractivity contribution in [1.29, 1.82) is 0 Å². The fourth-order valence-corrected chi connectivity index (χ4v) is 1.61. The normalized spacial score (nSPS) is 30.0. The molecule has 6 heteroatoms. The highest BCUT2D eigenvalue weighted by Crippen LogP contribution is 2.35. The fourth-order valence-electron chi connectivity index (χ4n) is 1.61. The standard InChI is InChI=1S/C9H12O6/c1-5(10)6-4-8(13)15-9(6,14)3-2-7(11)12/h6,14H,2-4H2,1H3,(H,11,12). The number of carboxylic acid groups (broad SMARTS) is 1. The predicted octanol–water partition coefficient (Wildman–Crippen LogP) is -0.308. The van der Waals surface area contributed by atoms with E-state index >= 15 is 0 Å². The molecule has 2 atom stereocenters. The molecule has 6 nitrogen and oxygen atoms in total. The van der Waals surface area contributed by atoms with Gasteiger partial charge in [0.15, 0.2) is 0 Å². The number of Topliss-reactive ketones (excluding diaryl/α,β-unsaturated/α-hetero) is 1. The molecule has 0 amide bonds. The van der Waals surface area contributed by atoms with Crippen LogP contribution in [0.4, 0.5) is 0 Å². The summed E-state index contributed by atoms with van der Waals surface area (Å²) in [5.41, 5.74) is 0. The smallest absolute Gasteiger partial charge is 0.309 e. The Balaban J connectivity index is 2.75. The highest BCUT2D eigenvalue weighted by Gasteiger charge is 2.50. The number of rotatable bonds is 4. The van der Waals surface area contributed by atoms with Crippen molar-refractivity contribution in [3.8, 4) is 0 Å². The van der Waals surface area contributed by atoms with Gasteiger partial charge in [0.1, 0.15) is 5.78 Å². The maximum atomic E-state index is 11.1. The number of carboxylic acids is 1. The van der Waals surface area contributed by atoms with E-state index < -0.39 is 23.6 Å². The largest absolute Gasteiger partial charge is 0.481 e. The molecule has 2 N–H and O–H groups in total. The first kappa shape index (κ1) is 11.6. The Morgan fingerprint density at radius 2 is 2.20 bits per heavy atom. The number of hydrogen-bond donors (Lipinski definition) is 2. The van der Waals surface area contributed by atoms with Crippen LogP contribution in [0.5, 0.6) is 0 Å². The quantitative estimate of drug-likeness (QED) is 0.625. The number of ether oxygens (including phenoxy) is 1. The van der Waals surface area contributed by atoms with Crippen LogP contribution in [0.25, 0.3) is 0 Å². The van der Waals surface area contributed by atoms with Gasteiger partial charge >= 0.3 is 11.9 Å². The molecule has 1 aliphatic rings. The molecule has 15 heavy (non-hydrogen) atoms. The second-order valence-corrected chi connectivity index (χ2v) is 3.58. The van der Waals surface area contributed by atoms with Gasteiger partial charge in [-0.2, -0.15) is 0 Å². The number of esters is 1. The summed E-state index contributed by atoms with van der Waals surface area (Å²) >= 11 is 0. The van der Waals surface area contributed by atoms with Gasteiger partial charge in [0, 0.05) is 6.42 Å². The van der Waals surface area contributed by atoms with Gasteiger partial charge in [-0.3, -0.25) is 14.4 Å². The van der Waals surface area contributed by atoms with Gasteiger partial charge in [-0.15, -0.1) is 0 Å². The van der Waals surface area contributed by atoms with Crippen LogP contribution in [0.15, 0.2) is 0 Å². The summed E-state index contributed by atoms with van der Waals surface area (Å²) in [5, 5.41) is 18.3. The van der Waals surface area contributed by atoms with Crippen molar-refractivity contribution in [2.75, 3.05) is 0 Å². The maximum absolute atomic E-state index is 11.1. The van der Waals surface area contributed by atoms with Crippen molar-refractivity contribution in [3.63, 3.8) is 0 Å². The van der Waals surface area contributed by atoms with Crippen LogP contribution < -0.4 is 0 Å². The molecule has 1 fully saturated rings. The lowest BCUT2D eigenvalue weighted by Gasteiger charge is -2.25. The molecule has 1 saturated heterocycles. The number of cyclic esters (lactones) is 1. The summed E-state index contributed by atoms with van der Waals surface area (Å²) in [4.78, 5) is 32.4. The third-order valence-corrected chi connectivity index (χ3v) is 2.39. The van der Waals surface area contributed by atoms with Crippen molar-refractivity contribution >= 4 is 17.7 Å². The SMILES string of the molecule is CC(=O)C1CC(=O)OC1(O)CCC(=O)O. The number of hydrogen-bond acceptors (Lipinski definition) is 5. The third kappa shape index (κ3) is 2.53. The molecule has 0 bridgehead atoms. The summed E-state index contributed by atoms with van der Waals surface area (Å²) < 4.78 is 4.61. The lowest BCUT2D eigenvalue weighted by atomic mass is 9.90. The van der Waals surface area contributed by atoms with Crippen LogP contribution in [-0.2, 0) is 19.1 Å². The first-order valence-electron chi connectivity index (χ1n) is 4.51. The minimum Gasteiger partial charge on any atom is -0.481 e. The van der Waals surface area contributed by atoms with Crippen LogP contribution in [0.2, 0.25) is 0 Å². The van der Waals surface area contributed by atoms with Gasteiger partial charge in [0.05, 0.1) is 18.8 Å². The predicted molar refractivity (Wildman–Crippen MR) is 46.7 cm³/mol. The highest BCUT2D eigenvalue weighted by atomic mass is 16.7. The zero-order valence-corrected chi connectivity index (χ0v) is 8.23. The van der Waals surface area contributed by atoms with Crippen LogP contribution in [-0.4, -0.2) is 33.7 Å². The Hall–Kier alpha value is -1.43. The fraction of sp³-hybridized carbons (Fsp3) is 0.667. The molecule has 0 spiro atoms. The first-order chi connectivity index (χ1) is 6.85. The Labute approximate surface area is 85.8 Å². The minimum atomic E-state index is -1.94. The molecular weight excluding hydrogens is 204 g/mol. The second-order valence-electron chi connectivity index (χ2n) is 3.58. The van der Waals surface area contributed by atoms with Crippen molar-refractivity contribution in [1.82, 2.24) is 0 Å². The summed E-state index contributed by atoms with van der Waals surface area (Å²) in [7, 11) is 0. The van der Waals surface area contributed by atoms with Crippen molar-refractivity contribution in [2.24, 2.45) is 5.92 Å². The van der Waals surface area contributed by atoms with Gasteiger partial charge < -0.3 is 14.9 Å². The summed E-state index contributed by atoms with van der Waals surface area (Å²) in [6.45, 7) is 1.23. The Morgan fingerprint density at radius 3 is 2.67 bits per heavy atom. The molecule has 0 aromatic heterocycles. The van der Waals surface area contributed by atoms with E-state index in [9.17, 15) is 19.5 Å². The Kier molecular flexibility index (Phi) is 3.09. The lowest BCUT2D eigenvalue weighted by Crippen LogP contribution is -2.39. The van der Waals surface area contributed by atoms with Crippen molar-refractivity contribution < 1.29 is 29.3 Å². The maximum Gasteiger partial charge on any atom is 0.309 e. The van der Waals surface area contributed by atoms with E-state index in [2.05, 4.69) is 4.74 Å². The van der Waals surface area contributed by atoms with Crippen LogP contribution in [0.3, 0.4) is 0 Å². The summed E-state index contributed by atoms with van der Waals surface area (Å²) in [6.07, 6.45) is -0.808. The summed E-state index contributed by atoms with van der Waals surface area (Å²) in [6, 6.07) is 0.